The number of nitrogens with zero attached hydrogens (tertiary/aromatic N) is 4. The number of fused-ring (bicyclic) bond motifs is 1. The lowest BCUT2D eigenvalue weighted by atomic mass is 10.1. The monoisotopic (exact) mass is 475 g/mol. The smallest absolute Gasteiger partial charge is 0.257 e. The lowest BCUT2D eigenvalue weighted by Gasteiger charge is -2.20. The number of nitrogens with one attached hydrogen (secondary N) is 1. The third-order valence-corrected chi connectivity index (χ3v) is 6.09. The van der Waals surface area contributed by atoms with Gasteiger partial charge in [0.05, 0.1) is 13.7 Å². The molecule has 4 rings (SSSR count). The number of pyridine rings is 1. The number of amides is 1. The first-order chi connectivity index (χ1) is 15.9. The first kappa shape index (κ1) is 22.9. The second-order valence-corrected chi connectivity index (χ2v) is 8.14. The van der Waals surface area contributed by atoms with Gasteiger partial charge in [-0.25, -0.2) is 9.02 Å². The molecule has 1 amide bonds. The maximum Gasteiger partial charge on any atom is 0.257 e. The Hall–Kier alpha value is -3.24. The molecule has 0 atom stereocenters. The maximum absolute atomic E-state index is 14.3. The van der Waals surface area contributed by atoms with E-state index in [9.17, 15) is 14.0 Å². The van der Waals surface area contributed by atoms with Crippen LogP contribution in [0.3, 0.4) is 0 Å². The number of rotatable bonds is 6. The van der Waals surface area contributed by atoms with Crippen LogP contribution in [0.15, 0.2) is 33.7 Å². The zero-order valence-corrected chi connectivity index (χ0v) is 19.0. The molecule has 1 N–H and O–H groups in total. The van der Waals surface area contributed by atoms with Crippen LogP contribution in [0, 0.1) is 12.7 Å². The van der Waals surface area contributed by atoms with Crippen LogP contribution in [0.1, 0.15) is 33.0 Å². The number of ether oxygens (including phenoxy) is 1. The molecule has 0 saturated heterocycles. The predicted molar refractivity (Wildman–Crippen MR) is 118 cm³/mol. The average molecular weight is 476 g/mol. The standard InChI is InChI=1S/C22H23ClFN5O4/c1-13-17(27-33-26-13)11-25-22(31)21-18-6-7-28(12-14-15(23)4-3-5-16(14)24)8-9-29(18)20(30)10-19(21)32-2/h3-5,10H,6-9,11-12H2,1-2H3,(H,25,31). The molecule has 0 unspecified atom stereocenters. The maximum atomic E-state index is 14.3. The summed E-state index contributed by atoms with van der Waals surface area (Å²) >= 11 is 6.19. The van der Waals surface area contributed by atoms with Crippen molar-refractivity contribution in [3.8, 4) is 5.75 Å². The number of hydrogen-bond donors (Lipinski definition) is 1. The first-order valence-corrected chi connectivity index (χ1v) is 10.8. The third-order valence-electron chi connectivity index (χ3n) is 5.74. The number of hydrogen-bond acceptors (Lipinski definition) is 7. The Balaban J connectivity index is 1.60. The van der Waals surface area contributed by atoms with Crippen LogP contribution in [0.25, 0.3) is 0 Å². The lowest BCUT2D eigenvalue weighted by Crippen LogP contribution is -2.31. The van der Waals surface area contributed by atoms with Crippen molar-refractivity contribution < 1.29 is 18.6 Å². The molecule has 0 spiro atoms. The Morgan fingerprint density at radius 1 is 1.30 bits per heavy atom. The van der Waals surface area contributed by atoms with E-state index in [2.05, 4.69) is 20.3 Å². The third kappa shape index (κ3) is 4.76. The average Bonchev–Trinajstić information content (AvgIpc) is 3.08. The van der Waals surface area contributed by atoms with E-state index in [1.54, 1.807) is 23.6 Å². The van der Waals surface area contributed by atoms with E-state index >= 15 is 0 Å². The summed E-state index contributed by atoms with van der Waals surface area (Å²) in [5.74, 6) is -0.575. The number of aryl methyl sites for hydroxylation is 1. The number of benzene rings is 1. The molecule has 0 aliphatic carbocycles. The second kappa shape index (κ2) is 9.72. The van der Waals surface area contributed by atoms with Crippen molar-refractivity contribution in [2.24, 2.45) is 0 Å². The minimum absolute atomic E-state index is 0.119. The number of methoxy groups -OCH3 is 1. The fraction of sp³-hybridized carbons (Fsp3) is 0.364. The molecule has 0 bridgehead atoms. The van der Waals surface area contributed by atoms with Crippen molar-refractivity contribution in [3.05, 3.63) is 73.7 Å². The summed E-state index contributed by atoms with van der Waals surface area (Å²) < 4.78 is 25.9. The zero-order chi connectivity index (χ0) is 23.5. The topological polar surface area (TPSA) is 102 Å². The fourth-order valence-corrected chi connectivity index (χ4v) is 4.15. The van der Waals surface area contributed by atoms with Crippen LogP contribution in [0.4, 0.5) is 4.39 Å². The molecule has 11 heteroatoms. The van der Waals surface area contributed by atoms with Crippen molar-refractivity contribution in [3.63, 3.8) is 0 Å². The summed E-state index contributed by atoms with van der Waals surface area (Å²) in [4.78, 5) is 27.9. The predicted octanol–water partition coefficient (Wildman–Crippen LogP) is 2.33. The molecule has 3 heterocycles. The highest BCUT2D eigenvalue weighted by molar-refractivity contribution is 6.31. The van der Waals surface area contributed by atoms with Crippen molar-refractivity contribution in [1.29, 1.82) is 0 Å². The van der Waals surface area contributed by atoms with E-state index in [0.29, 0.717) is 60.3 Å². The molecule has 9 nitrogen and oxygen atoms in total. The van der Waals surface area contributed by atoms with E-state index in [0.717, 1.165) is 0 Å². The summed E-state index contributed by atoms with van der Waals surface area (Å²) in [6.07, 6.45) is 0.395. The van der Waals surface area contributed by atoms with Crippen LogP contribution in [0.2, 0.25) is 5.02 Å². The van der Waals surface area contributed by atoms with Crippen molar-refractivity contribution in [1.82, 2.24) is 25.1 Å². The van der Waals surface area contributed by atoms with Gasteiger partial charge >= 0.3 is 0 Å². The lowest BCUT2D eigenvalue weighted by molar-refractivity contribution is 0.0944. The Morgan fingerprint density at radius 2 is 2.12 bits per heavy atom. The van der Waals surface area contributed by atoms with Gasteiger partial charge in [0.2, 0.25) is 0 Å². The highest BCUT2D eigenvalue weighted by atomic mass is 35.5. The molecule has 33 heavy (non-hydrogen) atoms. The van der Waals surface area contributed by atoms with E-state index < -0.39 is 5.91 Å². The van der Waals surface area contributed by atoms with Gasteiger partial charge in [-0.1, -0.05) is 28.0 Å². The van der Waals surface area contributed by atoms with Gasteiger partial charge in [-0.15, -0.1) is 0 Å². The molecule has 1 aliphatic heterocycles. The van der Waals surface area contributed by atoms with Gasteiger partial charge in [0.15, 0.2) is 0 Å². The Bertz CT molecular complexity index is 1220. The molecule has 1 aromatic carbocycles. The van der Waals surface area contributed by atoms with Gasteiger partial charge in [-0.2, -0.15) is 0 Å². The Morgan fingerprint density at radius 3 is 2.82 bits per heavy atom. The summed E-state index contributed by atoms with van der Waals surface area (Å²) in [7, 11) is 1.41. The molecule has 0 radical (unpaired) electrons. The van der Waals surface area contributed by atoms with Crippen molar-refractivity contribution in [2.75, 3.05) is 20.2 Å². The summed E-state index contributed by atoms with van der Waals surface area (Å²) in [6, 6.07) is 5.89. The van der Waals surface area contributed by atoms with Gasteiger partial charge in [-0.05, 0) is 19.1 Å². The van der Waals surface area contributed by atoms with Gasteiger partial charge in [0.1, 0.15) is 28.5 Å². The Labute approximate surface area is 194 Å². The van der Waals surface area contributed by atoms with E-state index in [4.69, 9.17) is 16.3 Å². The molecule has 2 aromatic heterocycles. The van der Waals surface area contributed by atoms with Crippen molar-refractivity contribution in [2.45, 2.75) is 33.0 Å². The molecule has 174 valence electrons. The van der Waals surface area contributed by atoms with E-state index in [1.807, 2.05) is 4.90 Å². The van der Waals surface area contributed by atoms with Crippen LogP contribution in [-0.2, 0) is 26.1 Å². The van der Waals surface area contributed by atoms with E-state index in [-0.39, 0.29) is 29.2 Å². The summed E-state index contributed by atoms with van der Waals surface area (Å²) in [5.41, 5.74) is 2.08. The molecule has 1 aliphatic rings. The minimum atomic E-state index is -0.399. The molecule has 0 fully saturated rings. The van der Waals surface area contributed by atoms with Gasteiger partial charge in [0.25, 0.3) is 11.5 Å². The van der Waals surface area contributed by atoms with Gasteiger partial charge in [-0.3, -0.25) is 14.5 Å². The quantitative estimate of drug-likeness (QED) is 0.583. The highest BCUT2D eigenvalue weighted by Gasteiger charge is 2.26. The number of aromatic nitrogens is 3. The number of carbonyl (C=O) groups is 1. The van der Waals surface area contributed by atoms with Crippen LogP contribution < -0.4 is 15.6 Å². The zero-order valence-electron chi connectivity index (χ0n) is 18.2. The van der Waals surface area contributed by atoms with Crippen LogP contribution >= 0.6 is 11.6 Å². The normalized spacial score (nSPS) is 13.9. The van der Waals surface area contributed by atoms with Crippen LogP contribution in [-0.4, -0.2) is 45.9 Å². The molecular formula is C22H23ClFN5O4. The molecule has 3 aromatic rings. The number of carbonyl (C=O) groups excluding carboxylic acids is 1. The second-order valence-electron chi connectivity index (χ2n) is 7.73. The highest BCUT2D eigenvalue weighted by Crippen LogP contribution is 2.25. The minimum Gasteiger partial charge on any atom is -0.496 e. The molecular weight excluding hydrogens is 453 g/mol. The van der Waals surface area contributed by atoms with Crippen LogP contribution in [0.5, 0.6) is 5.75 Å². The summed E-state index contributed by atoms with van der Waals surface area (Å²) in [6.45, 7) is 3.48. The summed E-state index contributed by atoms with van der Waals surface area (Å²) in [5, 5.41) is 10.6. The molecule has 0 saturated carbocycles. The fourth-order valence-electron chi connectivity index (χ4n) is 3.93. The van der Waals surface area contributed by atoms with E-state index in [1.165, 1.54) is 19.2 Å². The SMILES string of the molecule is COc1cc(=O)n2c(c1C(=O)NCc1nonc1C)CCN(Cc1c(F)cccc1Cl)CC2. The number of halogens is 2. The van der Waals surface area contributed by atoms with Gasteiger partial charge < -0.3 is 14.6 Å². The Kier molecular flexibility index (Phi) is 6.75. The largest absolute Gasteiger partial charge is 0.496 e. The van der Waals surface area contributed by atoms with Crippen molar-refractivity contribution >= 4 is 17.5 Å². The van der Waals surface area contributed by atoms with Gasteiger partial charge in [0, 0.05) is 54.9 Å². The first-order valence-electron chi connectivity index (χ1n) is 10.4.